The summed E-state index contributed by atoms with van der Waals surface area (Å²) in [6.07, 6.45) is 1.61. The number of hydrogen-bond donors (Lipinski definition) is 0. The van der Waals surface area contributed by atoms with Crippen LogP contribution in [0.5, 0.6) is 0 Å². The van der Waals surface area contributed by atoms with Gasteiger partial charge in [-0.15, -0.1) is 0 Å². The zero-order chi connectivity index (χ0) is 15.5. The fourth-order valence-corrected chi connectivity index (χ4v) is 2.26. The number of carbonyl (C=O) groups is 1. The van der Waals surface area contributed by atoms with E-state index in [2.05, 4.69) is 10.1 Å². The summed E-state index contributed by atoms with van der Waals surface area (Å²) in [5, 5.41) is 4.85. The van der Waals surface area contributed by atoms with Gasteiger partial charge < -0.3 is 4.74 Å². The molecular weight excluding hydrogens is 285 g/mol. The van der Waals surface area contributed by atoms with E-state index in [9.17, 15) is 9.18 Å². The quantitative estimate of drug-likeness (QED) is 0.695. The van der Waals surface area contributed by atoms with E-state index < -0.39 is 5.97 Å². The minimum absolute atomic E-state index is 0.194. The van der Waals surface area contributed by atoms with Crippen LogP contribution in [0.3, 0.4) is 0 Å². The van der Waals surface area contributed by atoms with Crippen LogP contribution >= 0.6 is 0 Å². The van der Waals surface area contributed by atoms with Crippen LogP contribution in [-0.4, -0.2) is 27.3 Å². The van der Waals surface area contributed by atoms with Crippen molar-refractivity contribution < 1.29 is 13.9 Å². The van der Waals surface area contributed by atoms with Gasteiger partial charge in [0.2, 0.25) is 0 Å². The minimum Gasteiger partial charge on any atom is -0.461 e. The Morgan fingerprint density at radius 1 is 1.27 bits per heavy atom. The predicted octanol–water partition coefficient (Wildman–Crippen LogP) is 2.80. The molecule has 22 heavy (non-hydrogen) atoms. The number of pyridine rings is 1. The van der Waals surface area contributed by atoms with E-state index in [0.717, 1.165) is 0 Å². The molecule has 0 radical (unpaired) electrons. The first kappa shape index (κ1) is 14.2. The molecule has 5 nitrogen and oxygen atoms in total. The molecule has 3 rings (SSSR count). The summed E-state index contributed by atoms with van der Waals surface area (Å²) in [4.78, 5) is 16.2. The Morgan fingerprint density at radius 3 is 2.86 bits per heavy atom. The third-order valence-corrected chi connectivity index (χ3v) is 3.25. The Labute approximate surface area is 126 Å². The van der Waals surface area contributed by atoms with Crippen molar-refractivity contribution in [3.63, 3.8) is 0 Å². The van der Waals surface area contributed by atoms with Crippen molar-refractivity contribution in [2.24, 2.45) is 0 Å². The maximum Gasteiger partial charge on any atom is 0.359 e. The molecule has 0 atom stereocenters. The van der Waals surface area contributed by atoms with Gasteiger partial charge in [0, 0.05) is 11.8 Å². The highest BCUT2D eigenvalue weighted by atomic mass is 19.1. The first-order valence-corrected chi connectivity index (χ1v) is 6.92. The minimum atomic E-state index is -0.507. The lowest BCUT2D eigenvalue weighted by Crippen LogP contribution is -2.08. The molecule has 0 bridgehead atoms. The molecule has 0 N–H and O–H groups in total. The largest absolute Gasteiger partial charge is 0.461 e. The van der Waals surface area contributed by atoms with Gasteiger partial charge in [0.05, 0.1) is 18.5 Å². The molecule has 6 heteroatoms. The summed E-state index contributed by atoms with van der Waals surface area (Å²) in [5.74, 6) is -0.826. The second-order valence-corrected chi connectivity index (χ2v) is 4.69. The summed E-state index contributed by atoms with van der Waals surface area (Å²) in [6.45, 7) is 2.19. The first-order chi connectivity index (χ1) is 10.7. The highest BCUT2D eigenvalue weighted by Crippen LogP contribution is 2.19. The van der Waals surface area contributed by atoms with Crippen molar-refractivity contribution in [1.82, 2.24) is 14.8 Å². The number of ether oxygens (including phenoxy) is 1. The van der Waals surface area contributed by atoms with E-state index >= 15 is 0 Å². The van der Waals surface area contributed by atoms with Crippen LogP contribution in [0.25, 0.3) is 11.0 Å². The van der Waals surface area contributed by atoms with E-state index in [-0.39, 0.29) is 24.7 Å². The Bertz CT molecular complexity index is 829. The third kappa shape index (κ3) is 2.55. The second kappa shape index (κ2) is 5.93. The Hall–Kier alpha value is -2.76. The number of nitrogens with zero attached hydrogens (tertiary/aromatic N) is 3. The molecule has 2 aromatic heterocycles. The third-order valence-electron chi connectivity index (χ3n) is 3.25. The number of esters is 1. The summed E-state index contributed by atoms with van der Waals surface area (Å²) in [5.41, 5.74) is 1.20. The summed E-state index contributed by atoms with van der Waals surface area (Å²) in [7, 11) is 0. The van der Waals surface area contributed by atoms with Crippen LogP contribution in [0.4, 0.5) is 4.39 Å². The lowest BCUT2D eigenvalue weighted by Gasteiger charge is -2.04. The van der Waals surface area contributed by atoms with E-state index in [1.54, 1.807) is 43.5 Å². The Balaban J connectivity index is 2.07. The van der Waals surface area contributed by atoms with Gasteiger partial charge >= 0.3 is 5.97 Å². The summed E-state index contributed by atoms with van der Waals surface area (Å²) in [6, 6.07) is 9.92. The number of fused-ring (bicyclic) bond motifs is 1. The molecule has 1 aromatic carbocycles. The van der Waals surface area contributed by atoms with Crippen molar-refractivity contribution in [3.8, 4) is 0 Å². The van der Waals surface area contributed by atoms with Gasteiger partial charge in [-0.25, -0.2) is 18.9 Å². The molecule has 0 aliphatic rings. The number of carbonyl (C=O) groups excluding carboxylic acids is 1. The molecule has 0 fully saturated rings. The molecule has 0 saturated carbocycles. The first-order valence-electron chi connectivity index (χ1n) is 6.92. The standard InChI is InChI=1S/C16H14FN3O2/c1-2-22-16(21)14-12-7-5-9-18-15(12)20(19-14)10-11-6-3-4-8-13(11)17/h3-9H,2,10H2,1H3. The highest BCUT2D eigenvalue weighted by Gasteiger charge is 2.19. The van der Waals surface area contributed by atoms with E-state index in [1.165, 1.54) is 10.7 Å². The monoisotopic (exact) mass is 299 g/mol. The lowest BCUT2D eigenvalue weighted by molar-refractivity contribution is 0.0520. The van der Waals surface area contributed by atoms with Crippen molar-refractivity contribution in [2.75, 3.05) is 6.61 Å². The van der Waals surface area contributed by atoms with Crippen LogP contribution in [0, 0.1) is 5.82 Å². The number of rotatable bonds is 4. The maximum atomic E-state index is 13.8. The predicted molar refractivity (Wildman–Crippen MR) is 79.0 cm³/mol. The fourth-order valence-electron chi connectivity index (χ4n) is 2.26. The van der Waals surface area contributed by atoms with Crippen molar-refractivity contribution >= 4 is 17.0 Å². The molecular formula is C16H14FN3O2. The maximum absolute atomic E-state index is 13.8. The van der Waals surface area contributed by atoms with Crippen LogP contribution < -0.4 is 0 Å². The van der Waals surface area contributed by atoms with Gasteiger partial charge in [-0.3, -0.25) is 0 Å². The van der Waals surface area contributed by atoms with E-state index in [1.807, 2.05) is 0 Å². The van der Waals surface area contributed by atoms with Gasteiger partial charge in [-0.1, -0.05) is 18.2 Å². The van der Waals surface area contributed by atoms with Crippen LogP contribution in [0.1, 0.15) is 23.0 Å². The van der Waals surface area contributed by atoms with Crippen molar-refractivity contribution in [3.05, 3.63) is 59.7 Å². The molecule has 0 amide bonds. The molecule has 0 saturated heterocycles. The van der Waals surface area contributed by atoms with Gasteiger partial charge in [0.15, 0.2) is 11.3 Å². The molecule has 2 heterocycles. The smallest absolute Gasteiger partial charge is 0.359 e. The van der Waals surface area contributed by atoms with Gasteiger partial charge in [0.25, 0.3) is 0 Å². The SMILES string of the molecule is CCOC(=O)c1nn(Cc2ccccc2F)c2ncccc12. The molecule has 3 aromatic rings. The number of hydrogen-bond acceptors (Lipinski definition) is 4. The second-order valence-electron chi connectivity index (χ2n) is 4.69. The molecule has 112 valence electrons. The summed E-state index contributed by atoms with van der Waals surface area (Å²) >= 11 is 0. The van der Waals surface area contributed by atoms with Crippen molar-refractivity contribution in [2.45, 2.75) is 13.5 Å². The average molecular weight is 299 g/mol. The fraction of sp³-hybridized carbons (Fsp3) is 0.188. The molecule has 0 aliphatic carbocycles. The van der Waals surface area contributed by atoms with E-state index in [4.69, 9.17) is 4.74 Å². The number of aromatic nitrogens is 3. The average Bonchev–Trinajstić information content (AvgIpc) is 2.89. The topological polar surface area (TPSA) is 57.0 Å². The van der Waals surface area contributed by atoms with Crippen LogP contribution in [-0.2, 0) is 11.3 Å². The van der Waals surface area contributed by atoms with Crippen LogP contribution in [0.15, 0.2) is 42.6 Å². The van der Waals surface area contributed by atoms with Gasteiger partial charge in [0.1, 0.15) is 5.82 Å². The Morgan fingerprint density at radius 2 is 2.09 bits per heavy atom. The summed E-state index contributed by atoms with van der Waals surface area (Å²) < 4.78 is 20.3. The van der Waals surface area contributed by atoms with E-state index in [0.29, 0.717) is 16.6 Å². The van der Waals surface area contributed by atoms with Crippen molar-refractivity contribution in [1.29, 1.82) is 0 Å². The zero-order valence-corrected chi connectivity index (χ0v) is 12.0. The lowest BCUT2D eigenvalue weighted by atomic mass is 10.2. The zero-order valence-electron chi connectivity index (χ0n) is 12.0. The van der Waals surface area contributed by atoms with Gasteiger partial charge in [-0.05, 0) is 25.1 Å². The number of halogens is 1. The number of benzene rings is 1. The molecule has 0 spiro atoms. The van der Waals surface area contributed by atoms with Crippen LogP contribution in [0.2, 0.25) is 0 Å². The highest BCUT2D eigenvalue weighted by molar-refractivity contribution is 6.01. The molecule has 0 aliphatic heterocycles. The van der Waals surface area contributed by atoms with Gasteiger partial charge in [-0.2, -0.15) is 5.10 Å². The Kier molecular flexibility index (Phi) is 3.82. The normalized spacial score (nSPS) is 10.8. The molecule has 0 unspecified atom stereocenters.